The second-order valence-corrected chi connectivity index (χ2v) is 11.3. The summed E-state index contributed by atoms with van der Waals surface area (Å²) in [6, 6.07) is 19.8. The largest absolute Gasteiger partial charge is 0.508 e. The van der Waals surface area contributed by atoms with Gasteiger partial charge in [0, 0.05) is 31.5 Å². The molecule has 43 heavy (non-hydrogen) atoms. The van der Waals surface area contributed by atoms with Gasteiger partial charge < -0.3 is 21.9 Å². The van der Waals surface area contributed by atoms with Crippen LogP contribution in [0.5, 0.6) is 5.75 Å². The predicted octanol–water partition coefficient (Wildman–Crippen LogP) is 1.61. The summed E-state index contributed by atoms with van der Waals surface area (Å²) in [5, 5.41) is 15.0. The molecule has 224 valence electrons. The van der Waals surface area contributed by atoms with Gasteiger partial charge in [0.2, 0.25) is 0 Å². The number of urea groups is 1. The lowest BCUT2D eigenvalue weighted by Crippen LogP contribution is -2.70. The Kier molecular flexibility index (Phi) is 8.47. The second kappa shape index (κ2) is 12.2. The first kappa shape index (κ1) is 29.7. The first-order valence-corrected chi connectivity index (χ1v) is 14.3. The lowest BCUT2D eigenvalue weighted by Gasteiger charge is -2.43. The van der Waals surface area contributed by atoms with Crippen molar-refractivity contribution in [2.45, 2.75) is 43.8 Å². The topological polar surface area (TPSA) is 159 Å². The minimum Gasteiger partial charge on any atom is -0.508 e. The Hall–Kier alpha value is -4.74. The molecule has 11 nitrogen and oxygen atoms in total. The van der Waals surface area contributed by atoms with E-state index >= 15 is 0 Å². The molecule has 1 saturated heterocycles. The summed E-state index contributed by atoms with van der Waals surface area (Å²) in [5.41, 5.74) is 15.3. The number of nitrogens with zero attached hydrogens (tertiary/aromatic N) is 3. The number of para-hydroxylation sites is 1. The Morgan fingerprint density at radius 3 is 2.26 bits per heavy atom. The van der Waals surface area contributed by atoms with Crippen LogP contribution in [-0.4, -0.2) is 77.1 Å². The molecule has 2 aliphatic heterocycles. The molecule has 2 aliphatic rings. The highest BCUT2D eigenvalue weighted by Crippen LogP contribution is 2.36. The summed E-state index contributed by atoms with van der Waals surface area (Å²) in [6.45, 7) is 0.594. The highest BCUT2D eigenvalue weighted by molar-refractivity contribution is 6.02. The van der Waals surface area contributed by atoms with Crippen LogP contribution >= 0.6 is 0 Å². The van der Waals surface area contributed by atoms with Crippen LogP contribution in [0.4, 0.5) is 10.5 Å². The summed E-state index contributed by atoms with van der Waals surface area (Å²) in [4.78, 5) is 54.1. The Balaban J connectivity index is 1.36. The number of hydrogen-bond acceptors (Lipinski definition) is 6. The van der Waals surface area contributed by atoms with Crippen molar-refractivity contribution in [2.75, 3.05) is 20.1 Å². The van der Waals surface area contributed by atoms with Gasteiger partial charge in [0.25, 0.3) is 11.8 Å². The number of carbonyl (C=O) groups excluding carboxylic acids is 4. The van der Waals surface area contributed by atoms with Crippen molar-refractivity contribution in [3.8, 4) is 5.75 Å². The number of benzene rings is 3. The lowest BCUT2D eigenvalue weighted by molar-refractivity contribution is -0.142. The third-order valence-corrected chi connectivity index (χ3v) is 8.42. The van der Waals surface area contributed by atoms with Crippen LogP contribution in [0.1, 0.15) is 23.1 Å². The molecule has 0 bridgehead atoms. The zero-order valence-corrected chi connectivity index (χ0v) is 24.1. The van der Waals surface area contributed by atoms with Crippen molar-refractivity contribution in [2.24, 2.45) is 11.5 Å². The minimum atomic E-state index is -0.965. The fourth-order valence-corrected chi connectivity index (χ4v) is 6.14. The van der Waals surface area contributed by atoms with Gasteiger partial charge in [0.1, 0.15) is 11.4 Å². The van der Waals surface area contributed by atoms with E-state index in [1.165, 1.54) is 22.2 Å². The first-order valence-electron chi connectivity index (χ1n) is 14.3. The Morgan fingerprint density at radius 2 is 1.56 bits per heavy atom. The quantitative estimate of drug-likeness (QED) is 0.294. The summed E-state index contributed by atoms with van der Waals surface area (Å²) >= 11 is 0. The highest BCUT2D eigenvalue weighted by Gasteiger charge is 2.53. The van der Waals surface area contributed by atoms with E-state index in [-0.39, 0.29) is 37.5 Å². The molecule has 5 rings (SSSR count). The highest BCUT2D eigenvalue weighted by atomic mass is 16.3. The number of hydrogen-bond donors (Lipinski definition) is 4. The molecule has 11 heteroatoms. The summed E-state index contributed by atoms with van der Waals surface area (Å²) in [7, 11) is 1.67. The number of fused-ring (bicyclic) bond motifs is 1. The molecule has 0 spiro atoms. The number of nitrogens with one attached hydrogen (secondary N) is 1. The number of phenols is 1. The Bertz CT molecular complexity index is 1510. The van der Waals surface area contributed by atoms with E-state index in [4.69, 9.17) is 11.5 Å². The number of amides is 5. The van der Waals surface area contributed by atoms with Gasteiger partial charge in [-0.2, -0.15) is 0 Å². The molecule has 0 aliphatic carbocycles. The number of nitrogens with two attached hydrogens (primary N) is 2. The maximum atomic E-state index is 14.3. The lowest BCUT2D eigenvalue weighted by atomic mass is 9.90. The number of phenolic OH excluding ortho intramolecular Hbond substituents is 1. The molecule has 4 atom stereocenters. The van der Waals surface area contributed by atoms with Gasteiger partial charge in [0.05, 0.1) is 13.1 Å². The van der Waals surface area contributed by atoms with Gasteiger partial charge in [-0.3, -0.25) is 9.59 Å². The van der Waals surface area contributed by atoms with Gasteiger partial charge in [-0.15, -0.1) is 0 Å². The summed E-state index contributed by atoms with van der Waals surface area (Å²) in [5.74, 6) is -1.30. The average Bonchev–Trinajstić information content (AvgIpc) is 3.50. The Labute approximate surface area is 250 Å². The van der Waals surface area contributed by atoms with Crippen LogP contribution in [0.3, 0.4) is 0 Å². The van der Waals surface area contributed by atoms with Gasteiger partial charge in [-0.1, -0.05) is 60.7 Å². The normalized spacial score (nSPS) is 21.2. The van der Waals surface area contributed by atoms with Crippen LogP contribution in [-0.2, 0) is 33.6 Å². The molecule has 0 aromatic heterocycles. The van der Waals surface area contributed by atoms with Crippen LogP contribution < -0.4 is 21.3 Å². The fourth-order valence-electron chi connectivity index (χ4n) is 6.14. The van der Waals surface area contributed by atoms with E-state index in [9.17, 15) is 24.3 Å². The molecular weight excluding hydrogens is 548 g/mol. The molecule has 0 radical (unpaired) electrons. The zero-order valence-electron chi connectivity index (χ0n) is 24.1. The van der Waals surface area contributed by atoms with Crippen LogP contribution in [0, 0.1) is 0 Å². The van der Waals surface area contributed by atoms with Crippen molar-refractivity contribution in [3.05, 3.63) is 95.6 Å². The molecule has 3 aromatic carbocycles. The van der Waals surface area contributed by atoms with Gasteiger partial charge >= 0.3 is 11.9 Å². The SMILES string of the molecule is C[N+]1([C@@H](Cc2ccccc2)C(N)=O)C(=O)[C@@H](NC(=O)N2CCCN2C(=O)[C@H](N)Cc2ccc(O)cc2)Cc2ccccc21. The maximum Gasteiger partial charge on any atom is 0.342 e. The maximum absolute atomic E-state index is 14.3. The van der Waals surface area contributed by atoms with Crippen LogP contribution in [0.25, 0.3) is 0 Å². The van der Waals surface area contributed by atoms with Crippen molar-refractivity contribution in [1.29, 1.82) is 0 Å². The molecule has 2 heterocycles. The minimum absolute atomic E-state index is 0.114. The first-order chi connectivity index (χ1) is 20.6. The summed E-state index contributed by atoms with van der Waals surface area (Å²) < 4.78 is -0.397. The van der Waals surface area contributed by atoms with Crippen molar-refractivity contribution < 1.29 is 24.3 Å². The third kappa shape index (κ3) is 5.95. The van der Waals surface area contributed by atoms with E-state index in [0.717, 1.165) is 16.7 Å². The summed E-state index contributed by atoms with van der Waals surface area (Å²) in [6.07, 6.45) is 1.25. The standard InChI is InChI=1S/C32H36N6O5/c1-38(28(29(34)40)19-21-8-3-2-4-9-21)27-11-6-5-10-23(27)20-26(31(38)42)35-32(43)37-17-7-16-36(37)30(41)25(33)18-22-12-14-24(39)15-13-22/h2-6,8-15,25-26,28H,7,16-20,33H2,1H3,(H3-,34,35,39,40,43)/p+1/t25-,26+,28+,38?/m1/s1. The molecule has 0 saturated carbocycles. The van der Waals surface area contributed by atoms with E-state index in [0.29, 0.717) is 18.7 Å². The number of carbonyl (C=O) groups is 4. The molecule has 1 fully saturated rings. The van der Waals surface area contributed by atoms with Gasteiger partial charge in [-0.05, 0) is 42.2 Å². The number of likely N-dealkylation sites (N-methyl/N-ethyl adjacent to an activating group) is 1. The van der Waals surface area contributed by atoms with E-state index < -0.39 is 40.5 Å². The zero-order chi connectivity index (χ0) is 30.7. The number of quaternary nitrogens is 1. The third-order valence-electron chi connectivity index (χ3n) is 8.42. The predicted molar refractivity (Wildman–Crippen MR) is 161 cm³/mol. The second-order valence-electron chi connectivity index (χ2n) is 11.3. The molecular formula is C32H37N6O5+. The number of rotatable bonds is 8. The van der Waals surface area contributed by atoms with Gasteiger partial charge in [0.15, 0.2) is 12.1 Å². The van der Waals surface area contributed by atoms with Crippen molar-refractivity contribution >= 4 is 29.4 Å². The van der Waals surface area contributed by atoms with E-state index in [2.05, 4.69) is 5.32 Å². The molecule has 3 aromatic rings. The van der Waals surface area contributed by atoms with E-state index in [1.54, 1.807) is 19.2 Å². The number of hydrazine groups is 1. The van der Waals surface area contributed by atoms with Gasteiger partial charge in [-0.25, -0.2) is 24.1 Å². The molecule has 6 N–H and O–H groups in total. The smallest absolute Gasteiger partial charge is 0.342 e. The Morgan fingerprint density at radius 1 is 0.930 bits per heavy atom. The van der Waals surface area contributed by atoms with Crippen LogP contribution in [0.2, 0.25) is 0 Å². The van der Waals surface area contributed by atoms with Crippen molar-refractivity contribution in [1.82, 2.24) is 19.8 Å². The fraction of sp³-hybridized carbons (Fsp3) is 0.312. The van der Waals surface area contributed by atoms with E-state index in [1.807, 2.05) is 54.6 Å². The molecule has 5 amide bonds. The molecule has 1 unspecified atom stereocenters. The van der Waals surface area contributed by atoms with Crippen LogP contribution in [0.15, 0.2) is 78.9 Å². The monoisotopic (exact) mass is 585 g/mol. The average molecular weight is 586 g/mol. The van der Waals surface area contributed by atoms with Crippen molar-refractivity contribution in [3.63, 3.8) is 0 Å². The number of primary amides is 1. The number of aromatic hydroxyl groups is 1.